The Balaban J connectivity index is 2.89. The minimum absolute atomic E-state index is 0.467. The van der Waals surface area contributed by atoms with Crippen LogP contribution in [0.4, 0.5) is 0 Å². The molecule has 0 atom stereocenters. The van der Waals surface area contributed by atoms with Crippen molar-refractivity contribution in [1.29, 1.82) is 0 Å². The molecule has 1 aromatic carbocycles. The minimum Gasteiger partial charge on any atom is -0.276 e. The number of benzene rings is 1. The van der Waals surface area contributed by atoms with Gasteiger partial charge in [-0.25, -0.2) is 0 Å². The van der Waals surface area contributed by atoms with Gasteiger partial charge in [0.1, 0.15) is 0 Å². The van der Waals surface area contributed by atoms with Gasteiger partial charge >= 0.3 is 0 Å². The van der Waals surface area contributed by atoms with Crippen molar-refractivity contribution in [1.82, 2.24) is 0 Å². The molecule has 1 aromatic rings. The third kappa shape index (κ3) is 2.80. The van der Waals surface area contributed by atoms with Crippen LogP contribution < -0.4 is 0 Å². The summed E-state index contributed by atoms with van der Waals surface area (Å²) in [6.07, 6.45) is 2.99. The average Bonchev–Trinajstić information content (AvgIpc) is 2.03. The van der Waals surface area contributed by atoms with Gasteiger partial charge in [0, 0.05) is 4.47 Å². The molecule has 0 aliphatic heterocycles. The molecular weight excluding hydrogens is 239 g/mol. The van der Waals surface area contributed by atoms with E-state index in [9.17, 15) is 4.79 Å². The van der Waals surface area contributed by atoms with E-state index in [2.05, 4.69) is 15.9 Å². The van der Waals surface area contributed by atoms with Gasteiger partial charge in [-0.15, -0.1) is 0 Å². The molecule has 0 N–H and O–H groups in total. The average molecular weight is 246 g/mol. The van der Waals surface area contributed by atoms with Crippen LogP contribution in [0.15, 0.2) is 34.8 Å². The summed E-state index contributed by atoms with van der Waals surface area (Å²) in [7, 11) is 0. The predicted octanol–water partition coefficient (Wildman–Crippen LogP) is 3.23. The Morgan fingerprint density at radius 2 is 2.08 bits per heavy atom. The number of hydrogen-bond acceptors (Lipinski definition) is 1. The molecule has 0 aliphatic carbocycles. The Labute approximate surface area is 84.2 Å². The lowest BCUT2D eigenvalue weighted by molar-refractivity contribution is -0.107. The summed E-state index contributed by atoms with van der Waals surface area (Å²) in [5.41, 5.74) is 0.937. The molecule has 12 heavy (non-hydrogen) atoms. The molecule has 0 spiro atoms. The molecule has 0 saturated carbocycles. The molecule has 1 rings (SSSR count). The Morgan fingerprint density at radius 3 is 2.67 bits per heavy atom. The highest BCUT2D eigenvalue weighted by atomic mass is 79.9. The second-order valence-corrected chi connectivity index (χ2v) is 3.39. The van der Waals surface area contributed by atoms with Crippen LogP contribution in [0.5, 0.6) is 0 Å². The van der Waals surface area contributed by atoms with Gasteiger partial charge in [-0.3, -0.25) is 4.79 Å². The predicted molar refractivity (Wildman–Crippen MR) is 54.0 cm³/mol. The van der Waals surface area contributed by atoms with Crippen molar-refractivity contribution in [2.24, 2.45) is 0 Å². The summed E-state index contributed by atoms with van der Waals surface area (Å²) >= 11 is 8.48. The molecular formula is C9H6BrClO. The second kappa shape index (κ2) is 4.43. The summed E-state index contributed by atoms with van der Waals surface area (Å²) in [6, 6.07) is 7.59. The molecule has 0 heterocycles. The molecule has 0 unspecified atom stereocenters. The van der Waals surface area contributed by atoms with Crippen LogP contribution in [0.1, 0.15) is 5.56 Å². The number of carbonyl (C=O) groups is 1. The molecule has 1 nitrogen and oxygen atoms in total. The van der Waals surface area contributed by atoms with Gasteiger partial charge in [-0.2, -0.15) is 0 Å². The van der Waals surface area contributed by atoms with Gasteiger partial charge in [0.15, 0.2) is 0 Å². The van der Waals surface area contributed by atoms with Crippen LogP contribution >= 0.6 is 27.5 Å². The number of allylic oxidation sites excluding steroid dienone is 1. The maximum absolute atomic E-state index is 10.4. The van der Waals surface area contributed by atoms with E-state index >= 15 is 0 Å². The van der Waals surface area contributed by atoms with E-state index in [1.807, 2.05) is 24.3 Å². The maximum atomic E-state index is 10.4. The van der Waals surface area contributed by atoms with Crippen LogP contribution in [0.25, 0.3) is 6.08 Å². The lowest BCUT2D eigenvalue weighted by Crippen LogP contribution is -1.77. The quantitative estimate of drug-likeness (QED) is 0.577. The normalized spacial score (nSPS) is 10.5. The lowest BCUT2D eigenvalue weighted by Gasteiger charge is -1.94. The Kier molecular flexibility index (Phi) is 3.50. The van der Waals surface area contributed by atoms with Crippen molar-refractivity contribution in [3.8, 4) is 0 Å². The van der Waals surface area contributed by atoms with Gasteiger partial charge in [-0.05, 0) is 35.4 Å². The molecule has 0 bridgehead atoms. The highest BCUT2D eigenvalue weighted by Gasteiger charge is 1.93. The molecule has 0 fully saturated rings. The Morgan fingerprint density at radius 1 is 1.42 bits per heavy atom. The summed E-state index contributed by atoms with van der Waals surface area (Å²) in [6.45, 7) is 0. The number of halogens is 2. The fourth-order valence-corrected chi connectivity index (χ4v) is 1.25. The fourth-order valence-electron chi connectivity index (χ4n) is 0.766. The first-order valence-electron chi connectivity index (χ1n) is 3.32. The number of hydrogen-bond donors (Lipinski definition) is 0. The highest BCUT2D eigenvalue weighted by Crippen LogP contribution is 2.17. The van der Waals surface area contributed by atoms with Crippen LogP contribution in [0.3, 0.4) is 0 Å². The number of rotatable bonds is 2. The first kappa shape index (κ1) is 9.49. The molecule has 0 saturated heterocycles. The highest BCUT2D eigenvalue weighted by molar-refractivity contribution is 9.10. The van der Waals surface area contributed by atoms with Crippen molar-refractivity contribution < 1.29 is 4.79 Å². The van der Waals surface area contributed by atoms with Gasteiger partial charge < -0.3 is 0 Å². The summed E-state index contributed by atoms with van der Waals surface area (Å²) in [5, 5.41) is -0.467. The Hall–Kier alpha value is -0.600. The first-order chi connectivity index (χ1) is 5.70. The van der Waals surface area contributed by atoms with E-state index in [-0.39, 0.29) is 0 Å². The molecule has 3 heteroatoms. The van der Waals surface area contributed by atoms with Crippen molar-refractivity contribution in [2.75, 3.05) is 0 Å². The van der Waals surface area contributed by atoms with E-state index in [1.165, 1.54) is 6.08 Å². The smallest absolute Gasteiger partial charge is 0.245 e. The molecule has 0 radical (unpaired) electrons. The van der Waals surface area contributed by atoms with E-state index in [1.54, 1.807) is 6.08 Å². The second-order valence-electron chi connectivity index (χ2n) is 2.16. The van der Waals surface area contributed by atoms with Crippen LogP contribution in [0.2, 0.25) is 0 Å². The lowest BCUT2D eigenvalue weighted by atomic mass is 10.2. The SMILES string of the molecule is O=C(Cl)C=Cc1ccccc1Br. The molecule has 0 amide bonds. The zero-order valence-electron chi connectivity index (χ0n) is 6.13. The standard InChI is InChI=1S/C9H6BrClO/c10-8-4-2-1-3-7(8)5-6-9(11)12/h1-6H. The van der Waals surface area contributed by atoms with Gasteiger partial charge in [-0.1, -0.05) is 34.1 Å². The van der Waals surface area contributed by atoms with E-state index in [0.29, 0.717) is 0 Å². The zero-order chi connectivity index (χ0) is 8.97. The fraction of sp³-hybridized carbons (Fsp3) is 0. The van der Waals surface area contributed by atoms with E-state index in [4.69, 9.17) is 11.6 Å². The minimum atomic E-state index is -0.467. The zero-order valence-corrected chi connectivity index (χ0v) is 8.47. The Bertz CT molecular complexity index is 320. The first-order valence-corrected chi connectivity index (χ1v) is 4.49. The summed E-state index contributed by atoms with van der Waals surface area (Å²) in [5.74, 6) is 0. The van der Waals surface area contributed by atoms with Crippen LogP contribution in [0, 0.1) is 0 Å². The third-order valence-corrected chi connectivity index (χ3v) is 2.15. The third-order valence-electron chi connectivity index (χ3n) is 1.30. The molecule has 0 aliphatic rings. The summed E-state index contributed by atoms with van der Waals surface area (Å²) in [4.78, 5) is 10.4. The van der Waals surface area contributed by atoms with Crippen LogP contribution in [-0.2, 0) is 4.79 Å². The summed E-state index contributed by atoms with van der Waals surface area (Å²) < 4.78 is 0.944. The number of carbonyl (C=O) groups excluding carboxylic acids is 1. The van der Waals surface area contributed by atoms with Crippen molar-refractivity contribution in [2.45, 2.75) is 0 Å². The maximum Gasteiger partial charge on any atom is 0.245 e. The topological polar surface area (TPSA) is 17.1 Å². The van der Waals surface area contributed by atoms with Crippen molar-refractivity contribution >= 4 is 38.8 Å². The molecule has 0 aromatic heterocycles. The van der Waals surface area contributed by atoms with Crippen LogP contribution in [-0.4, -0.2) is 5.24 Å². The van der Waals surface area contributed by atoms with Gasteiger partial charge in [0.2, 0.25) is 5.24 Å². The van der Waals surface area contributed by atoms with Gasteiger partial charge in [0.05, 0.1) is 0 Å². The van der Waals surface area contributed by atoms with E-state index in [0.717, 1.165) is 10.0 Å². The van der Waals surface area contributed by atoms with Crippen molar-refractivity contribution in [3.05, 3.63) is 40.4 Å². The van der Waals surface area contributed by atoms with Gasteiger partial charge in [0.25, 0.3) is 0 Å². The monoisotopic (exact) mass is 244 g/mol. The van der Waals surface area contributed by atoms with E-state index < -0.39 is 5.24 Å². The van der Waals surface area contributed by atoms with Crippen molar-refractivity contribution in [3.63, 3.8) is 0 Å². The molecule has 62 valence electrons. The largest absolute Gasteiger partial charge is 0.276 e.